The molecule has 1 fully saturated rings. The number of hydrogen-bond donors (Lipinski definition) is 4. The zero-order valence-electron chi connectivity index (χ0n) is 18.9. The predicted octanol–water partition coefficient (Wildman–Crippen LogP) is 2.23. The molecule has 4 aromatic rings. The Labute approximate surface area is 206 Å². The van der Waals surface area contributed by atoms with Crippen molar-refractivity contribution in [2.24, 2.45) is 5.73 Å². The predicted molar refractivity (Wildman–Crippen MR) is 134 cm³/mol. The first kappa shape index (κ1) is 22.9. The molecule has 11 heteroatoms. The summed E-state index contributed by atoms with van der Waals surface area (Å²) in [6.45, 7) is 2.02. The van der Waals surface area contributed by atoms with Crippen LogP contribution in [0.15, 0.2) is 48.8 Å². The summed E-state index contributed by atoms with van der Waals surface area (Å²) < 4.78 is 0. The SMILES string of the molecule is NC(=O)NC[C@H]1CN(Cc2cc3cc(Cl)ccc3[nH]2)CC(=O)N1Cc1ccc2c(N)ncnc2c1. The second-order valence-corrected chi connectivity index (χ2v) is 9.16. The van der Waals surface area contributed by atoms with Crippen molar-refractivity contribution in [3.63, 3.8) is 0 Å². The molecule has 2 aromatic heterocycles. The Morgan fingerprint density at radius 3 is 2.86 bits per heavy atom. The molecular weight excluding hydrogens is 468 g/mol. The van der Waals surface area contributed by atoms with E-state index in [1.807, 2.05) is 42.5 Å². The third kappa shape index (κ3) is 4.98. The number of nitrogens with two attached hydrogens (primary N) is 2. The molecule has 3 heterocycles. The van der Waals surface area contributed by atoms with Gasteiger partial charge in [-0.05, 0) is 42.0 Å². The largest absolute Gasteiger partial charge is 0.383 e. The van der Waals surface area contributed by atoms with E-state index in [4.69, 9.17) is 23.1 Å². The Morgan fingerprint density at radius 1 is 1.17 bits per heavy atom. The van der Waals surface area contributed by atoms with Crippen LogP contribution in [0, 0.1) is 0 Å². The van der Waals surface area contributed by atoms with Crippen molar-refractivity contribution in [3.05, 3.63) is 65.1 Å². The van der Waals surface area contributed by atoms with Crippen LogP contribution in [0.3, 0.4) is 0 Å². The zero-order chi connectivity index (χ0) is 24.5. The third-order valence-electron chi connectivity index (χ3n) is 6.22. The van der Waals surface area contributed by atoms with Crippen molar-refractivity contribution >= 4 is 51.2 Å². The van der Waals surface area contributed by atoms with Gasteiger partial charge in [-0.3, -0.25) is 9.69 Å². The molecule has 35 heavy (non-hydrogen) atoms. The molecule has 1 aliphatic rings. The number of piperazine rings is 1. The number of fused-ring (bicyclic) bond motifs is 2. The first-order valence-corrected chi connectivity index (χ1v) is 11.5. The highest BCUT2D eigenvalue weighted by Gasteiger charge is 2.33. The first-order chi connectivity index (χ1) is 16.9. The molecule has 0 spiro atoms. The number of hydrogen-bond acceptors (Lipinski definition) is 6. The molecule has 1 saturated heterocycles. The summed E-state index contributed by atoms with van der Waals surface area (Å²) >= 11 is 6.11. The third-order valence-corrected chi connectivity index (χ3v) is 6.45. The van der Waals surface area contributed by atoms with Gasteiger partial charge in [-0.1, -0.05) is 17.7 Å². The molecule has 6 N–H and O–H groups in total. The molecule has 1 aliphatic heterocycles. The molecule has 180 valence electrons. The topological polar surface area (TPSA) is 146 Å². The van der Waals surface area contributed by atoms with Crippen LogP contribution in [0.25, 0.3) is 21.8 Å². The highest BCUT2D eigenvalue weighted by Crippen LogP contribution is 2.24. The van der Waals surface area contributed by atoms with Crippen LogP contribution in [0.2, 0.25) is 5.02 Å². The fourth-order valence-corrected chi connectivity index (χ4v) is 4.77. The number of amides is 3. The van der Waals surface area contributed by atoms with Crippen molar-refractivity contribution in [2.45, 2.75) is 19.1 Å². The summed E-state index contributed by atoms with van der Waals surface area (Å²) in [6.07, 6.45) is 1.42. The minimum absolute atomic E-state index is 0.0334. The summed E-state index contributed by atoms with van der Waals surface area (Å²) in [7, 11) is 0. The van der Waals surface area contributed by atoms with E-state index in [-0.39, 0.29) is 25.0 Å². The van der Waals surface area contributed by atoms with Crippen LogP contribution < -0.4 is 16.8 Å². The number of carbonyl (C=O) groups excluding carboxylic acids is 2. The Hall–Kier alpha value is -3.89. The van der Waals surface area contributed by atoms with Gasteiger partial charge in [0.25, 0.3) is 0 Å². The maximum absolute atomic E-state index is 13.3. The van der Waals surface area contributed by atoms with Crippen LogP contribution in [-0.2, 0) is 17.9 Å². The van der Waals surface area contributed by atoms with Crippen LogP contribution in [0.4, 0.5) is 10.6 Å². The number of rotatable bonds is 6. The number of aromatic amines is 1. The second-order valence-electron chi connectivity index (χ2n) is 8.73. The van der Waals surface area contributed by atoms with E-state index in [9.17, 15) is 9.59 Å². The standard InChI is InChI=1S/C24H25ClN8O2/c25-16-2-4-20-15(6-16)7-17(31-20)10-32-11-18(8-28-24(27)35)33(22(34)12-32)9-14-1-3-19-21(5-14)29-13-30-23(19)26/h1-7,13,18,31H,8-12H2,(H2,26,29,30)(H3,27,28,35)/t18-/m0/s1. The summed E-state index contributed by atoms with van der Waals surface area (Å²) in [5, 5.41) is 5.11. The van der Waals surface area contributed by atoms with Gasteiger partial charge < -0.3 is 26.7 Å². The van der Waals surface area contributed by atoms with E-state index >= 15 is 0 Å². The number of aromatic nitrogens is 3. The van der Waals surface area contributed by atoms with Crippen molar-refractivity contribution < 1.29 is 9.59 Å². The highest BCUT2D eigenvalue weighted by atomic mass is 35.5. The average Bonchev–Trinajstić information content (AvgIpc) is 3.21. The number of urea groups is 1. The molecule has 3 amide bonds. The van der Waals surface area contributed by atoms with Gasteiger partial charge in [0.1, 0.15) is 12.1 Å². The highest BCUT2D eigenvalue weighted by molar-refractivity contribution is 6.31. The molecule has 0 aliphatic carbocycles. The van der Waals surface area contributed by atoms with E-state index < -0.39 is 6.03 Å². The molecule has 0 radical (unpaired) electrons. The molecule has 2 aromatic carbocycles. The Bertz CT molecular complexity index is 1420. The van der Waals surface area contributed by atoms with Crippen LogP contribution in [-0.4, -0.2) is 62.4 Å². The number of primary amides is 1. The Balaban J connectivity index is 1.35. The van der Waals surface area contributed by atoms with Gasteiger partial charge in [0.05, 0.1) is 18.1 Å². The normalized spacial score (nSPS) is 16.8. The number of benzene rings is 2. The van der Waals surface area contributed by atoms with E-state index in [0.29, 0.717) is 36.0 Å². The fraction of sp³-hybridized carbons (Fsp3) is 0.250. The molecule has 5 rings (SSSR count). The lowest BCUT2D eigenvalue weighted by atomic mass is 10.1. The zero-order valence-corrected chi connectivity index (χ0v) is 19.6. The average molecular weight is 493 g/mol. The van der Waals surface area contributed by atoms with Gasteiger partial charge in [0.15, 0.2) is 0 Å². The number of H-pyrrole nitrogens is 1. The second kappa shape index (κ2) is 9.40. The molecular formula is C24H25ClN8O2. The van der Waals surface area contributed by atoms with Gasteiger partial charge in [-0.25, -0.2) is 14.8 Å². The maximum Gasteiger partial charge on any atom is 0.312 e. The van der Waals surface area contributed by atoms with Crippen LogP contribution in [0.1, 0.15) is 11.3 Å². The van der Waals surface area contributed by atoms with E-state index in [1.54, 1.807) is 4.90 Å². The minimum atomic E-state index is -0.625. The minimum Gasteiger partial charge on any atom is -0.383 e. The molecule has 10 nitrogen and oxygen atoms in total. The number of nitrogens with zero attached hydrogens (tertiary/aromatic N) is 4. The van der Waals surface area contributed by atoms with E-state index in [1.165, 1.54) is 6.33 Å². The molecule has 0 unspecified atom stereocenters. The van der Waals surface area contributed by atoms with Gasteiger partial charge >= 0.3 is 6.03 Å². The summed E-state index contributed by atoms with van der Waals surface area (Å²) in [5.41, 5.74) is 14.9. The lowest BCUT2D eigenvalue weighted by Crippen LogP contribution is -2.59. The lowest BCUT2D eigenvalue weighted by Gasteiger charge is -2.41. The van der Waals surface area contributed by atoms with Gasteiger partial charge in [-0.2, -0.15) is 0 Å². The van der Waals surface area contributed by atoms with E-state index in [2.05, 4.69) is 25.2 Å². The number of halogens is 1. The van der Waals surface area contributed by atoms with Gasteiger partial charge in [0, 0.05) is 53.2 Å². The van der Waals surface area contributed by atoms with Gasteiger partial charge in [0.2, 0.25) is 5.91 Å². The van der Waals surface area contributed by atoms with Crippen LogP contribution >= 0.6 is 11.6 Å². The Morgan fingerprint density at radius 2 is 2.03 bits per heavy atom. The van der Waals surface area contributed by atoms with Crippen molar-refractivity contribution in [2.75, 3.05) is 25.4 Å². The van der Waals surface area contributed by atoms with Crippen molar-refractivity contribution in [1.29, 1.82) is 0 Å². The molecule has 0 saturated carbocycles. The van der Waals surface area contributed by atoms with Crippen molar-refractivity contribution in [3.8, 4) is 0 Å². The van der Waals surface area contributed by atoms with Crippen LogP contribution in [0.5, 0.6) is 0 Å². The summed E-state index contributed by atoms with van der Waals surface area (Å²) in [5.74, 6) is 0.378. The lowest BCUT2D eigenvalue weighted by molar-refractivity contribution is -0.140. The number of carbonyl (C=O) groups is 2. The molecule has 0 bridgehead atoms. The smallest absolute Gasteiger partial charge is 0.312 e. The number of nitrogens with one attached hydrogen (secondary N) is 2. The maximum atomic E-state index is 13.3. The Kier molecular flexibility index (Phi) is 6.14. The summed E-state index contributed by atoms with van der Waals surface area (Å²) in [6, 6.07) is 12.5. The molecule has 1 atom stereocenters. The van der Waals surface area contributed by atoms with Gasteiger partial charge in [-0.15, -0.1) is 0 Å². The monoisotopic (exact) mass is 492 g/mol. The van der Waals surface area contributed by atoms with Crippen molar-refractivity contribution in [1.82, 2.24) is 30.1 Å². The fourth-order valence-electron chi connectivity index (χ4n) is 4.59. The quantitative estimate of drug-likeness (QED) is 0.324. The van der Waals surface area contributed by atoms with E-state index in [0.717, 1.165) is 27.5 Å². The number of anilines is 1. The first-order valence-electron chi connectivity index (χ1n) is 11.2. The number of nitrogen functional groups attached to an aromatic ring is 1. The summed E-state index contributed by atoms with van der Waals surface area (Å²) in [4.78, 5) is 40.2.